The third-order valence-corrected chi connectivity index (χ3v) is 14.0. The lowest BCUT2D eigenvalue weighted by Gasteiger charge is -2.34. The van der Waals surface area contributed by atoms with Crippen molar-refractivity contribution in [2.24, 2.45) is 20.6 Å². The first-order valence-corrected chi connectivity index (χ1v) is 25.2. The number of hydrogen-bond donors (Lipinski definition) is 0. The van der Waals surface area contributed by atoms with Gasteiger partial charge >= 0.3 is 0 Å². The van der Waals surface area contributed by atoms with E-state index in [4.69, 9.17) is 19.7 Å². The zero-order valence-electron chi connectivity index (χ0n) is 36.8. The number of rotatable bonds is 3. The number of Topliss-reactive ketones (excluding diaryl/α,β-unsaturated/α-hetero) is 1. The summed E-state index contributed by atoms with van der Waals surface area (Å²) < 4.78 is 32.4. The molecule has 0 saturated heterocycles. The van der Waals surface area contributed by atoms with Gasteiger partial charge in [-0.15, -0.1) is 4.95 Å². The minimum atomic E-state index is -1.21. The minimum Gasteiger partial charge on any atom is -0.294 e. The first-order chi connectivity index (χ1) is 31.3. The van der Waals surface area contributed by atoms with Crippen LogP contribution in [-0.2, 0) is 38.5 Å². The molecule has 0 aliphatic heterocycles. The molecule has 6 aromatic rings. The van der Waals surface area contributed by atoms with Crippen LogP contribution in [0.4, 0.5) is 20.2 Å². The number of halogens is 2. The lowest BCUT2D eigenvalue weighted by atomic mass is 9.68. The molecule has 2 atom stereocenters. The molecule has 0 fully saturated rings. The van der Waals surface area contributed by atoms with Gasteiger partial charge in [0.25, 0.3) is 0 Å². The Hall–Kier alpha value is -7.34. The van der Waals surface area contributed by atoms with Crippen molar-refractivity contribution in [2.45, 2.75) is 71.0 Å². The topological polar surface area (TPSA) is 54.9 Å². The molecule has 0 saturated carbocycles. The van der Waals surface area contributed by atoms with Gasteiger partial charge in [0.05, 0.1) is 18.2 Å². The molecular weight excluding hydrogens is 825 g/mol. The van der Waals surface area contributed by atoms with Crippen molar-refractivity contribution in [3.63, 3.8) is 0 Å². The third-order valence-electron chi connectivity index (χ3n) is 13.1. The van der Waals surface area contributed by atoms with E-state index in [2.05, 4.69) is 74.7 Å². The molecule has 10 rings (SSSR count). The van der Waals surface area contributed by atoms with E-state index < -0.39 is 13.7 Å². The highest BCUT2D eigenvalue weighted by molar-refractivity contribution is 6.75. The van der Waals surface area contributed by atoms with Crippen molar-refractivity contribution in [1.29, 1.82) is 0 Å². The predicted octanol–water partition coefficient (Wildman–Crippen LogP) is 14.0. The van der Waals surface area contributed by atoms with Crippen LogP contribution in [0.25, 0.3) is 36.9 Å². The molecule has 0 heterocycles. The van der Waals surface area contributed by atoms with Gasteiger partial charge in [-0.2, -0.15) is 6.57 Å². The van der Waals surface area contributed by atoms with Gasteiger partial charge in [-0.05, 0) is 175 Å². The highest BCUT2D eigenvalue weighted by Gasteiger charge is 2.49. The van der Waals surface area contributed by atoms with Crippen LogP contribution in [0.1, 0.15) is 62.1 Å². The van der Waals surface area contributed by atoms with E-state index in [1.807, 2.05) is 66.7 Å². The molecule has 0 radical (unpaired) electrons. The van der Waals surface area contributed by atoms with E-state index in [1.54, 1.807) is 24.3 Å². The normalized spacial score (nSPS) is 19.1. The Kier molecular flexibility index (Phi) is 12.3. The van der Waals surface area contributed by atoms with Crippen LogP contribution in [-0.4, -0.2) is 25.6 Å². The molecule has 0 bridgehead atoms. The molecule has 0 N–H and O–H groups in total. The Bertz CT molecular complexity index is 3100. The van der Waals surface area contributed by atoms with E-state index in [0.29, 0.717) is 43.5 Å². The highest BCUT2D eigenvalue weighted by atomic mass is 28.3. The summed E-state index contributed by atoms with van der Waals surface area (Å²) in [4.78, 5) is 23.8. The van der Waals surface area contributed by atoms with E-state index >= 15 is 0 Å². The van der Waals surface area contributed by atoms with Crippen molar-refractivity contribution in [2.75, 3.05) is 0 Å². The Balaban J connectivity index is 0.000000155. The summed E-state index contributed by atoms with van der Waals surface area (Å²) in [5, 5.41) is 4.27. The van der Waals surface area contributed by atoms with E-state index in [0.717, 1.165) is 86.2 Å². The largest absolute Gasteiger partial charge is 0.294 e. The number of benzene rings is 6. The molecular formula is C56H47F2N5OSi. The Labute approximate surface area is 381 Å². The van der Waals surface area contributed by atoms with Crippen LogP contribution < -0.4 is 0 Å². The quantitative estimate of drug-likeness (QED) is 0.0756. The monoisotopic (exact) mass is 871 g/mol. The van der Waals surface area contributed by atoms with Gasteiger partial charge in [0.1, 0.15) is 17.3 Å². The van der Waals surface area contributed by atoms with E-state index in [1.165, 1.54) is 17.7 Å². The van der Waals surface area contributed by atoms with Gasteiger partial charge in [0.15, 0.2) is 25.4 Å². The average molecular weight is 872 g/mol. The number of hydrogen-bond acceptors (Lipinski definition) is 3. The molecule has 2 unspecified atom stereocenters. The standard InChI is InChI=1S/C26H18FN3.C25H18FNO.C5H11NSi/c1-28-21-7-3-5-17(13-21)18-9-10-20-16-26(25(30-29-2)23(20)14-18)12-11-22-19(15-26)6-4-8-24(22)27;1-27-20-6-2-4-16(12-20)17-8-9-19-15-25(24(28)22(19)13-17)11-10-21-18(14-25)5-3-7-23(21)26;1-5-6-7(2,3)4/h3-10,13-14H,11-12,15-16H2;2-9,12-13H,10-11,14-15H2;1H2,2-4H3/b30-25+;;. The number of carbonyl (C=O) groups excluding carboxylic acids is 1. The maximum atomic E-state index is 14.3. The van der Waals surface area contributed by atoms with Gasteiger partial charge in [0.2, 0.25) is 0 Å². The first kappa shape index (κ1) is 44.3. The number of fused-ring (bicyclic) bond motifs is 4. The zero-order valence-corrected chi connectivity index (χ0v) is 37.8. The molecule has 0 aromatic heterocycles. The summed E-state index contributed by atoms with van der Waals surface area (Å²) in [7, 11) is -1.21. The van der Waals surface area contributed by atoms with E-state index in [9.17, 15) is 13.6 Å². The molecule has 2 spiro atoms. The molecule has 9 heteroatoms. The number of carbonyl (C=O) groups is 1. The second-order valence-corrected chi connectivity index (χ2v) is 23.0. The molecule has 4 aliphatic carbocycles. The first-order valence-electron chi connectivity index (χ1n) is 21.8. The average Bonchev–Trinajstić information content (AvgIpc) is 3.74. The number of ketones is 1. The summed E-state index contributed by atoms with van der Waals surface area (Å²) in [6, 6.07) is 37.8. The summed E-state index contributed by atoms with van der Waals surface area (Å²) in [5.74, 6) is 2.43. The second kappa shape index (κ2) is 18.0. The SMILES string of the molecule is C=C=N[Si](C)(C)C.[C-]#[N+]/N=C1\c2cc(-c3cccc([N+]#[C-])c3)ccc2CC12CCc1c(F)cccc1C2.[C-]#[N+]c1cccc(-c2ccc3c(c2)C(=O)C2(CCc4c(F)cccc4C2)C3)c1. The summed E-state index contributed by atoms with van der Waals surface area (Å²) in [6.45, 7) is 31.7. The molecule has 6 nitrogen and oxygen atoms in total. The van der Waals surface area contributed by atoms with Gasteiger partial charge in [0, 0.05) is 22.0 Å². The van der Waals surface area contributed by atoms with Crippen molar-refractivity contribution in [3.8, 4) is 22.3 Å². The maximum Gasteiger partial charge on any atom is 0.187 e. The fourth-order valence-corrected chi connectivity index (χ4v) is 10.6. The maximum absolute atomic E-state index is 14.3. The van der Waals surface area contributed by atoms with Gasteiger partial charge < -0.3 is 0 Å². The Morgan fingerprint density at radius 2 is 1.06 bits per heavy atom. The second-order valence-electron chi connectivity index (χ2n) is 18.4. The summed E-state index contributed by atoms with van der Waals surface area (Å²) in [5.41, 5.74) is 12.8. The molecule has 4 aliphatic rings. The highest BCUT2D eigenvalue weighted by Crippen LogP contribution is 2.49. The fourth-order valence-electron chi connectivity index (χ4n) is 10.1. The molecule has 6 aromatic carbocycles. The van der Waals surface area contributed by atoms with Crippen molar-refractivity contribution < 1.29 is 13.6 Å². The molecule has 65 heavy (non-hydrogen) atoms. The number of nitrogens with zero attached hydrogens (tertiary/aromatic N) is 5. The molecule has 0 amide bonds. The fraction of sp³-hybridized carbons (Fsp3) is 0.232. The van der Waals surface area contributed by atoms with Crippen LogP contribution in [0.2, 0.25) is 19.6 Å². The van der Waals surface area contributed by atoms with Crippen LogP contribution in [0.5, 0.6) is 0 Å². The van der Waals surface area contributed by atoms with Gasteiger partial charge in [-0.25, -0.2) is 18.5 Å². The van der Waals surface area contributed by atoms with Crippen LogP contribution >= 0.6 is 0 Å². The Morgan fingerprint density at radius 1 is 0.600 bits per heavy atom. The smallest absolute Gasteiger partial charge is 0.187 e. The third kappa shape index (κ3) is 8.93. The van der Waals surface area contributed by atoms with Crippen LogP contribution in [0, 0.1) is 42.2 Å². The lowest BCUT2D eigenvalue weighted by Crippen LogP contribution is -2.35. The Morgan fingerprint density at radius 3 is 1.57 bits per heavy atom. The predicted molar refractivity (Wildman–Crippen MR) is 259 cm³/mol. The van der Waals surface area contributed by atoms with Crippen molar-refractivity contribution in [3.05, 3.63) is 218 Å². The van der Waals surface area contributed by atoms with Crippen LogP contribution in [0.15, 0.2) is 138 Å². The lowest BCUT2D eigenvalue weighted by molar-refractivity contribution is 0.0793. The summed E-state index contributed by atoms with van der Waals surface area (Å²) >= 11 is 0. The summed E-state index contributed by atoms with van der Waals surface area (Å²) in [6.07, 6.45) is 5.59. The zero-order chi connectivity index (χ0) is 45.9. The van der Waals surface area contributed by atoms with Gasteiger partial charge in [-0.3, -0.25) is 9.45 Å². The van der Waals surface area contributed by atoms with E-state index in [-0.39, 0.29) is 22.8 Å². The van der Waals surface area contributed by atoms with Crippen molar-refractivity contribution in [1.82, 2.24) is 0 Å². The van der Waals surface area contributed by atoms with Crippen molar-refractivity contribution >= 4 is 37.0 Å². The molecule has 320 valence electrons. The van der Waals surface area contributed by atoms with Crippen LogP contribution in [0.3, 0.4) is 0 Å². The minimum absolute atomic E-state index is 0.136. The van der Waals surface area contributed by atoms with Gasteiger partial charge in [-0.1, -0.05) is 84.9 Å².